The van der Waals surface area contributed by atoms with Crippen LogP contribution in [0.5, 0.6) is 5.75 Å². The Labute approximate surface area is 250 Å². The second-order valence-corrected chi connectivity index (χ2v) is 14.4. The molecule has 41 heavy (non-hydrogen) atoms. The van der Waals surface area contributed by atoms with Crippen LogP contribution in [-0.2, 0) is 27.8 Å². The van der Waals surface area contributed by atoms with Crippen molar-refractivity contribution in [2.45, 2.75) is 95.3 Å². The van der Waals surface area contributed by atoms with Crippen LogP contribution in [0.3, 0.4) is 0 Å². The van der Waals surface area contributed by atoms with E-state index in [-0.39, 0.29) is 6.10 Å². The van der Waals surface area contributed by atoms with Crippen LogP contribution in [0.15, 0.2) is 36.4 Å². The molecule has 2 aromatic carbocycles. The molecule has 1 saturated carbocycles. The van der Waals surface area contributed by atoms with E-state index in [4.69, 9.17) is 21.1 Å². The van der Waals surface area contributed by atoms with Crippen LogP contribution in [0, 0.1) is 11.8 Å². The van der Waals surface area contributed by atoms with Gasteiger partial charge >= 0.3 is 0 Å². The van der Waals surface area contributed by atoms with Crippen molar-refractivity contribution in [2.24, 2.45) is 11.8 Å². The number of sulfonamides is 1. The molecule has 0 radical (unpaired) electrons. The van der Waals surface area contributed by atoms with Crippen molar-refractivity contribution in [2.75, 3.05) is 25.1 Å². The van der Waals surface area contributed by atoms with E-state index in [0.29, 0.717) is 36.8 Å². The third-order valence-electron chi connectivity index (χ3n) is 9.46. The molecular formula is C32H45ClN2O5S. The fourth-order valence-corrected chi connectivity index (χ4v) is 8.59. The molecule has 0 spiro atoms. The van der Waals surface area contributed by atoms with Gasteiger partial charge in [0, 0.05) is 25.2 Å². The van der Waals surface area contributed by atoms with Gasteiger partial charge in [-0.05, 0) is 104 Å². The maximum atomic E-state index is 13.3. The third kappa shape index (κ3) is 7.21. The highest BCUT2D eigenvalue weighted by atomic mass is 35.5. The fraction of sp³-hybridized carbons (Fsp3) is 0.625. The van der Waals surface area contributed by atoms with E-state index in [2.05, 4.69) is 9.62 Å². The van der Waals surface area contributed by atoms with E-state index in [1.54, 1.807) is 6.07 Å². The lowest BCUT2D eigenvalue weighted by molar-refractivity contribution is -0.0218. The first-order valence-electron chi connectivity index (χ1n) is 15.3. The molecule has 2 N–H and O–H groups in total. The first-order valence-corrected chi connectivity index (χ1v) is 17.2. The van der Waals surface area contributed by atoms with Crippen LogP contribution in [0.1, 0.15) is 87.6 Å². The normalized spacial score (nSPS) is 29.2. The average Bonchev–Trinajstić information content (AvgIpc) is 2.96. The van der Waals surface area contributed by atoms with E-state index in [1.807, 2.05) is 44.4 Å². The molecule has 226 valence electrons. The Hall–Kier alpha value is -1.84. The summed E-state index contributed by atoms with van der Waals surface area (Å²) in [7, 11) is -1.90. The molecular weight excluding hydrogens is 560 g/mol. The predicted molar refractivity (Wildman–Crippen MR) is 164 cm³/mol. The number of nitrogens with zero attached hydrogens (tertiary/aromatic N) is 1. The number of halogens is 1. The minimum atomic E-state index is -3.71. The van der Waals surface area contributed by atoms with Crippen LogP contribution in [0.25, 0.3) is 0 Å². The molecule has 0 amide bonds. The minimum absolute atomic E-state index is 0.184. The summed E-state index contributed by atoms with van der Waals surface area (Å²) in [6.07, 6.45) is 7.90. The molecule has 1 fully saturated rings. The Morgan fingerprint density at radius 2 is 1.88 bits per heavy atom. The maximum Gasteiger partial charge on any atom is 0.216 e. The molecule has 2 aliphatic heterocycles. The highest BCUT2D eigenvalue weighted by Crippen LogP contribution is 2.42. The highest BCUT2D eigenvalue weighted by Gasteiger charge is 2.38. The highest BCUT2D eigenvalue weighted by molar-refractivity contribution is 7.90. The lowest BCUT2D eigenvalue weighted by Crippen LogP contribution is -2.44. The van der Waals surface area contributed by atoms with E-state index >= 15 is 0 Å². The number of rotatable bonds is 2. The summed E-state index contributed by atoms with van der Waals surface area (Å²) in [6.45, 7) is 4.03. The number of aryl methyl sites for hydroxylation is 1. The molecule has 2 bridgehead atoms. The number of hydrogen-bond donors (Lipinski definition) is 2. The lowest BCUT2D eigenvalue weighted by Gasteiger charge is -2.44. The Balaban J connectivity index is 1.52. The summed E-state index contributed by atoms with van der Waals surface area (Å²) in [4.78, 5) is 2.40. The molecule has 2 heterocycles. The average molecular weight is 605 g/mol. The van der Waals surface area contributed by atoms with Crippen LogP contribution in [0.2, 0.25) is 5.02 Å². The molecule has 5 rings (SSSR count). The molecule has 1 unspecified atom stereocenters. The lowest BCUT2D eigenvalue weighted by atomic mass is 9.69. The van der Waals surface area contributed by atoms with Gasteiger partial charge in [0.05, 0.1) is 17.0 Å². The number of aliphatic hydroxyl groups is 1. The molecule has 1 aliphatic carbocycles. The zero-order valence-corrected chi connectivity index (χ0v) is 25.9. The summed E-state index contributed by atoms with van der Waals surface area (Å²) in [6, 6.07) is 11.5. The van der Waals surface area contributed by atoms with Crippen molar-refractivity contribution < 1.29 is 23.0 Å². The van der Waals surface area contributed by atoms with Crippen molar-refractivity contribution in [3.05, 3.63) is 58.1 Å². The fourth-order valence-electron chi connectivity index (χ4n) is 6.84. The first-order chi connectivity index (χ1) is 19.8. The maximum absolute atomic E-state index is 13.3. The first kappa shape index (κ1) is 30.6. The van der Waals surface area contributed by atoms with Crippen LogP contribution < -0.4 is 14.4 Å². The SMILES string of the molecule is CC[C@@H]1CCCC[C@H](OC)[C@@H]2CC[C@H]2CN2CCCCc3cc(Cl)ccc3COc3ccc(cc32)C(O)NS1(=O)=O. The van der Waals surface area contributed by atoms with Gasteiger partial charge in [-0.3, -0.25) is 0 Å². The number of methoxy groups -OCH3 is 1. The van der Waals surface area contributed by atoms with Gasteiger partial charge in [-0.1, -0.05) is 43.5 Å². The molecule has 7 nitrogen and oxygen atoms in total. The van der Waals surface area contributed by atoms with Crippen molar-refractivity contribution in [1.82, 2.24) is 4.72 Å². The van der Waals surface area contributed by atoms with Gasteiger partial charge < -0.3 is 19.5 Å². The number of aliphatic hydroxyl groups excluding tert-OH is 1. The molecule has 5 atom stereocenters. The summed E-state index contributed by atoms with van der Waals surface area (Å²) in [5, 5.41) is 11.3. The molecule has 3 aliphatic rings. The Morgan fingerprint density at radius 1 is 1.05 bits per heavy atom. The number of fused-ring (bicyclic) bond motifs is 3. The van der Waals surface area contributed by atoms with Crippen molar-refractivity contribution in [1.29, 1.82) is 0 Å². The van der Waals surface area contributed by atoms with E-state index in [1.165, 1.54) is 12.0 Å². The van der Waals surface area contributed by atoms with Gasteiger partial charge in [-0.15, -0.1) is 0 Å². The van der Waals surface area contributed by atoms with Gasteiger partial charge in [0.1, 0.15) is 18.6 Å². The number of ether oxygens (including phenoxy) is 2. The second kappa shape index (κ2) is 13.6. The van der Waals surface area contributed by atoms with Crippen LogP contribution in [-0.4, -0.2) is 45.1 Å². The van der Waals surface area contributed by atoms with Crippen molar-refractivity contribution in [3.63, 3.8) is 0 Å². The largest absolute Gasteiger partial charge is 0.487 e. The van der Waals surface area contributed by atoms with Crippen molar-refractivity contribution >= 4 is 27.3 Å². The van der Waals surface area contributed by atoms with E-state index in [0.717, 1.165) is 80.1 Å². The monoisotopic (exact) mass is 604 g/mol. The van der Waals surface area contributed by atoms with Crippen molar-refractivity contribution in [3.8, 4) is 5.75 Å². The number of nitrogens with one attached hydrogen (secondary N) is 1. The zero-order chi connectivity index (χ0) is 29.0. The molecule has 0 aromatic heterocycles. The van der Waals surface area contributed by atoms with E-state index in [9.17, 15) is 13.5 Å². The number of benzene rings is 2. The zero-order valence-electron chi connectivity index (χ0n) is 24.4. The van der Waals surface area contributed by atoms with Crippen LogP contribution in [0.4, 0.5) is 5.69 Å². The Kier molecular flexibility index (Phi) is 10.2. The molecule has 9 heteroatoms. The number of hydrogen-bond acceptors (Lipinski definition) is 6. The van der Waals surface area contributed by atoms with Gasteiger partial charge in [0.15, 0.2) is 0 Å². The van der Waals surface area contributed by atoms with Gasteiger partial charge in [-0.25, -0.2) is 8.42 Å². The summed E-state index contributed by atoms with van der Waals surface area (Å²) in [5.41, 5.74) is 3.75. The molecule has 0 saturated heterocycles. The third-order valence-corrected chi connectivity index (χ3v) is 11.7. The van der Waals surface area contributed by atoms with Gasteiger partial charge in [-0.2, -0.15) is 4.72 Å². The van der Waals surface area contributed by atoms with Crippen LogP contribution >= 0.6 is 11.6 Å². The summed E-state index contributed by atoms with van der Waals surface area (Å²) in [5.74, 6) is 1.73. The summed E-state index contributed by atoms with van der Waals surface area (Å²) < 4.78 is 41.6. The van der Waals surface area contributed by atoms with E-state index < -0.39 is 21.5 Å². The Morgan fingerprint density at radius 3 is 2.63 bits per heavy atom. The smallest absolute Gasteiger partial charge is 0.216 e. The standard InChI is InChI=1S/C32H45ClN2O5S/c1-3-27-9-4-5-10-30(39-2)28-15-12-24(28)20-35-17-7-6-8-22-18-26(33)14-11-25(22)21-40-31-16-13-23(19-29(31)35)32(36)34-41(27,37)38/h11,13-14,16,18-19,24,27-28,30,32,34,36H,3-10,12,15,17,20-21H2,1-2H3/t24-,27+,28+,30-,32?/m0/s1. The van der Waals surface area contributed by atoms with Gasteiger partial charge in [0.25, 0.3) is 0 Å². The van der Waals surface area contributed by atoms with Gasteiger partial charge in [0.2, 0.25) is 10.0 Å². The summed E-state index contributed by atoms with van der Waals surface area (Å²) >= 11 is 6.33. The second-order valence-electron chi connectivity index (χ2n) is 12.0. The topological polar surface area (TPSA) is 88.1 Å². The quantitative estimate of drug-likeness (QED) is 0.414. The Bertz CT molecular complexity index is 1290. The predicted octanol–water partition coefficient (Wildman–Crippen LogP) is 6.37. The minimum Gasteiger partial charge on any atom is -0.487 e. The number of anilines is 1. The molecule has 2 aromatic rings.